The Balaban J connectivity index is 2.26. The predicted molar refractivity (Wildman–Crippen MR) is 67.4 cm³/mol. The average Bonchev–Trinajstić information content (AvgIpc) is 2.58. The van der Waals surface area contributed by atoms with Gasteiger partial charge in [0.2, 0.25) is 15.9 Å². The number of rotatable bonds is 6. The molecule has 106 valence electrons. The lowest BCUT2D eigenvalue weighted by atomic mass is 9.85. The highest BCUT2D eigenvalue weighted by atomic mass is 32.2. The number of amides is 1. The number of ether oxygens (including phenoxy) is 1. The molecule has 8 heteroatoms. The topological polar surface area (TPSA) is 111 Å². The summed E-state index contributed by atoms with van der Waals surface area (Å²) in [4.78, 5) is 11.9. The second-order valence-electron chi connectivity index (χ2n) is 4.82. The van der Waals surface area contributed by atoms with Crippen LogP contribution in [-0.2, 0) is 19.6 Å². The minimum absolute atomic E-state index is 0.146. The maximum absolute atomic E-state index is 11.9. The summed E-state index contributed by atoms with van der Waals surface area (Å²) in [5, 5.41) is 2.75. The number of carbonyl (C=O) groups excluding carboxylic acids is 1. The maximum atomic E-state index is 11.9. The van der Waals surface area contributed by atoms with Gasteiger partial charge in [-0.3, -0.25) is 4.79 Å². The van der Waals surface area contributed by atoms with Gasteiger partial charge in [0.1, 0.15) is 0 Å². The molecule has 0 bridgehead atoms. The molecule has 2 unspecified atom stereocenters. The molecule has 1 amide bonds. The number of hydrogen-bond acceptors (Lipinski definition) is 5. The van der Waals surface area contributed by atoms with Gasteiger partial charge in [0.25, 0.3) is 0 Å². The molecular formula is C10H21N3O4S. The lowest BCUT2D eigenvalue weighted by molar-refractivity contribution is -0.130. The van der Waals surface area contributed by atoms with Crippen molar-refractivity contribution in [3.8, 4) is 0 Å². The van der Waals surface area contributed by atoms with E-state index >= 15 is 0 Å². The molecule has 2 atom stereocenters. The minimum Gasteiger partial charge on any atom is -0.379 e. The molecule has 0 aromatic rings. The number of sulfonamides is 1. The van der Waals surface area contributed by atoms with Gasteiger partial charge in [-0.2, -0.15) is 0 Å². The Morgan fingerprint density at radius 2 is 2.17 bits per heavy atom. The molecule has 0 aliphatic carbocycles. The van der Waals surface area contributed by atoms with Crippen LogP contribution in [0, 0.1) is 5.41 Å². The normalized spacial score (nSPS) is 28.3. The summed E-state index contributed by atoms with van der Waals surface area (Å²) in [6, 6.07) is -0.299. The van der Waals surface area contributed by atoms with Gasteiger partial charge in [-0.15, -0.1) is 0 Å². The fourth-order valence-electron chi connectivity index (χ4n) is 1.67. The summed E-state index contributed by atoms with van der Waals surface area (Å²) in [6.07, 6.45) is 1.63. The number of nitrogens with one attached hydrogen (secondary N) is 2. The first-order chi connectivity index (χ1) is 8.26. The van der Waals surface area contributed by atoms with Crippen LogP contribution in [0.25, 0.3) is 0 Å². The number of nitrogens with two attached hydrogens (primary N) is 1. The van der Waals surface area contributed by atoms with Crippen molar-refractivity contribution in [3.05, 3.63) is 0 Å². The molecule has 1 aliphatic rings. The Morgan fingerprint density at radius 1 is 1.50 bits per heavy atom. The zero-order valence-electron chi connectivity index (χ0n) is 10.7. The molecule has 1 rings (SSSR count). The molecule has 0 radical (unpaired) electrons. The van der Waals surface area contributed by atoms with E-state index in [1.54, 1.807) is 6.92 Å². The van der Waals surface area contributed by atoms with E-state index in [-0.39, 0.29) is 11.9 Å². The molecule has 0 saturated carbocycles. The van der Waals surface area contributed by atoms with Crippen molar-refractivity contribution >= 4 is 15.9 Å². The minimum atomic E-state index is -3.16. The van der Waals surface area contributed by atoms with Crippen molar-refractivity contribution in [1.82, 2.24) is 10.0 Å². The van der Waals surface area contributed by atoms with Crippen LogP contribution in [0.15, 0.2) is 0 Å². The monoisotopic (exact) mass is 279 g/mol. The second-order valence-corrected chi connectivity index (χ2v) is 6.65. The molecule has 1 aliphatic heterocycles. The van der Waals surface area contributed by atoms with Crippen LogP contribution in [-0.4, -0.2) is 52.9 Å². The van der Waals surface area contributed by atoms with Crippen molar-refractivity contribution < 1.29 is 17.9 Å². The first kappa shape index (κ1) is 15.4. The first-order valence-electron chi connectivity index (χ1n) is 5.82. The number of hydrogen-bond donors (Lipinski definition) is 3. The van der Waals surface area contributed by atoms with Gasteiger partial charge >= 0.3 is 0 Å². The van der Waals surface area contributed by atoms with Gasteiger partial charge in [-0.1, -0.05) is 0 Å². The lowest BCUT2D eigenvalue weighted by Gasteiger charge is -2.25. The number of carbonyl (C=O) groups is 1. The van der Waals surface area contributed by atoms with E-state index in [0.29, 0.717) is 32.7 Å². The zero-order valence-corrected chi connectivity index (χ0v) is 11.5. The molecular weight excluding hydrogens is 258 g/mol. The highest BCUT2D eigenvalue weighted by Crippen LogP contribution is 2.26. The standard InChI is InChI=1S/C10H21N3O4S/c1-10(7-17-6-8(10)11)9(14)12-4-3-5-13-18(2,15)16/h8,13H,3-7,11H2,1-2H3,(H,12,14). The molecule has 1 heterocycles. The predicted octanol–water partition coefficient (Wildman–Crippen LogP) is -1.59. The molecule has 0 aromatic heterocycles. The van der Waals surface area contributed by atoms with E-state index in [9.17, 15) is 13.2 Å². The van der Waals surface area contributed by atoms with Crippen LogP contribution >= 0.6 is 0 Å². The Labute approximate surface area is 107 Å². The summed E-state index contributed by atoms with van der Waals surface area (Å²) < 4.78 is 29.1. The van der Waals surface area contributed by atoms with Crippen molar-refractivity contribution in [2.45, 2.75) is 19.4 Å². The highest BCUT2D eigenvalue weighted by Gasteiger charge is 2.44. The highest BCUT2D eigenvalue weighted by molar-refractivity contribution is 7.88. The largest absolute Gasteiger partial charge is 0.379 e. The Hall–Kier alpha value is -0.700. The molecule has 1 fully saturated rings. The third-order valence-corrected chi connectivity index (χ3v) is 3.77. The van der Waals surface area contributed by atoms with Crippen LogP contribution in [0.2, 0.25) is 0 Å². The first-order valence-corrected chi connectivity index (χ1v) is 7.71. The third kappa shape index (κ3) is 4.20. The quantitative estimate of drug-likeness (QED) is 0.507. The molecule has 18 heavy (non-hydrogen) atoms. The average molecular weight is 279 g/mol. The lowest BCUT2D eigenvalue weighted by Crippen LogP contribution is -2.50. The summed E-state index contributed by atoms with van der Waals surface area (Å²) in [6.45, 7) is 3.19. The molecule has 1 saturated heterocycles. The van der Waals surface area contributed by atoms with Gasteiger partial charge in [0.05, 0.1) is 24.9 Å². The summed E-state index contributed by atoms with van der Waals surface area (Å²) in [5.41, 5.74) is 5.13. The fraction of sp³-hybridized carbons (Fsp3) is 0.900. The molecule has 4 N–H and O–H groups in total. The molecule has 0 aromatic carbocycles. The van der Waals surface area contributed by atoms with Crippen LogP contribution in [0.3, 0.4) is 0 Å². The van der Waals surface area contributed by atoms with E-state index < -0.39 is 15.4 Å². The van der Waals surface area contributed by atoms with E-state index in [0.717, 1.165) is 6.26 Å². The van der Waals surface area contributed by atoms with E-state index in [2.05, 4.69) is 10.0 Å². The van der Waals surface area contributed by atoms with Crippen molar-refractivity contribution in [1.29, 1.82) is 0 Å². The Morgan fingerprint density at radius 3 is 2.67 bits per heavy atom. The van der Waals surface area contributed by atoms with Crippen molar-refractivity contribution in [2.75, 3.05) is 32.6 Å². The Bertz CT molecular complexity index is 398. The summed E-state index contributed by atoms with van der Waals surface area (Å²) >= 11 is 0. The Kier molecular flexibility index (Phi) is 5.09. The van der Waals surface area contributed by atoms with Crippen molar-refractivity contribution in [2.24, 2.45) is 11.1 Å². The van der Waals surface area contributed by atoms with Gasteiger partial charge in [-0.05, 0) is 13.3 Å². The van der Waals surface area contributed by atoms with Crippen LogP contribution < -0.4 is 15.8 Å². The fourth-order valence-corrected chi connectivity index (χ4v) is 2.19. The van der Waals surface area contributed by atoms with Gasteiger partial charge in [0, 0.05) is 19.1 Å². The maximum Gasteiger partial charge on any atom is 0.229 e. The zero-order chi connectivity index (χ0) is 13.8. The van der Waals surface area contributed by atoms with Gasteiger partial charge in [-0.25, -0.2) is 13.1 Å². The molecule has 7 nitrogen and oxygen atoms in total. The van der Waals surface area contributed by atoms with Gasteiger partial charge < -0.3 is 15.8 Å². The SMILES string of the molecule is CC1(C(=O)NCCCNS(C)(=O)=O)COCC1N. The summed E-state index contributed by atoms with van der Waals surface area (Å²) in [7, 11) is -3.16. The van der Waals surface area contributed by atoms with E-state index in [4.69, 9.17) is 10.5 Å². The second kappa shape index (κ2) is 5.96. The smallest absolute Gasteiger partial charge is 0.229 e. The third-order valence-electron chi connectivity index (χ3n) is 3.04. The van der Waals surface area contributed by atoms with Crippen molar-refractivity contribution in [3.63, 3.8) is 0 Å². The van der Waals surface area contributed by atoms with E-state index in [1.807, 2.05) is 0 Å². The van der Waals surface area contributed by atoms with Crippen LogP contribution in [0.4, 0.5) is 0 Å². The summed E-state index contributed by atoms with van der Waals surface area (Å²) in [5.74, 6) is -0.146. The van der Waals surface area contributed by atoms with Gasteiger partial charge in [0.15, 0.2) is 0 Å². The van der Waals surface area contributed by atoms with Crippen LogP contribution in [0.1, 0.15) is 13.3 Å². The van der Waals surface area contributed by atoms with E-state index in [1.165, 1.54) is 0 Å². The van der Waals surface area contributed by atoms with Crippen LogP contribution in [0.5, 0.6) is 0 Å². The molecule has 0 spiro atoms.